The molecule has 1 aromatic carbocycles. The number of benzene rings is 1. The second-order valence-electron chi connectivity index (χ2n) is 5.64. The SMILES string of the molecule is O=C(CC(O)C(F)(C(F)(F)F)C(F)(F)F)c1cc(C(F)(F)F)cc(C(F)(F)F)c1. The molecule has 1 aromatic rings. The zero-order valence-electron chi connectivity index (χ0n) is 13.3. The summed E-state index contributed by atoms with van der Waals surface area (Å²) in [6.07, 6.45) is -31.1. The maximum Gasteiger partial charge on any atom is 0.434 e. The molecule has 0 saturated carbocycles. The van der Waals surface area contributed by atoms with E-state index in [1.54, 1.807) is 0 Å². The van der Waals surface area contributed by atoms with E-state index in [1.807, 2.05) is 0 Å². The largest absolute Gasteiger partial charge is 0.434 e. The van der Waals surface area contributed by atoms with Crippen molar-refractivity contribution in [2.24, 2.45) is 0 Å². The zero-order valence-corrected chi connectivity index (χ0v) is 13.3. The molecule has 0 bridgehead atoms. The highest BCUT2D eigenvalue weighted by atomic mass is 19.4. The van der Waals surface area contributed by atoms with Gasteiger partial charge in [0.1, 0.15) is 6.10 Å². The molecule has 0 amide bonds. The number of carbonyl (C=O) groups is 1. The first-order chi connectivity index (χ1) is 12.6. The maximum absolute atomic E-state index is 13.6. The number of Topliss-reactive ketones (excluding diaryl/α,β-unsaturated/α-hetero) is 1. The monoisotopic (exact) mass is 454 g/mol. The molecule has 29 heavy (non-hydrogen) atoms. The van der Waals surface area contributed by atoms with Crippen molar-refractivity contribution >= 4 is 5.78 Å². The van der Waals surface area contributed by atoms with Crippen LogP contribution in [0.15, 0.2) is 18.2 Å². The highest BCUT2D eigenvalue weighted by molar-refractivity contribution is 5.97. The van der Waals surface area contributed by atoms with E-state index in [-0.39, 0.29) is 12.1 Å². The molecule has 0 saturated heterocycles. The van der Waals surface area contributed by atoms with Gasteiger partial charge in [-0.05, 0) is 18.2 Å². The second kappa shape index (κ2) is 7.32. The third-order valence-corrected chi connectivity index (χ3v) is 3.57. The van der Waals surface area contributed by atoms with Crippen molar-refractivity contribution in [1.82, 2.24) is 0 Å². The van der Waals surface area contributed by atoms with Crippen molar-refractivity contribution in [2.45, 2.75) is 42.9 Å². The predicted octanol–water partition coefficient (Wildman–Crippen LogP) is 5.49. The standard InChI is InChI=1S/C14H7F13O2/c15-10(13(22,23)24,14(25,26)27)9(29)4-8(28)5-1-6(11(16,17)18)3-7(2-5)12(19,20)21/h1-3,9,29H,4H2. The molecule has 1 N–H and O–H groups in total. The van der Waals surface area contributed by atoms with Crippen molar-refractivity contribution in [1.29, 1.82) is 0 Å². The number of aliphatic hydroxyl groups is 1. The quantitative estimate of drug-likeness (QED) is 0.483. The number of hydrogen-bond acceptors (Lipinski definition) is 2. The van der Waals surface area contributed by atoms with Gasteiger partial charge in [-0.15, -0.1) is 0 Å². The normalized spacial score (nSPS) is 15.4. The van der Waals surface area contributed by atoms with Crippen LogP contribution in [-0.2, 0) is 12.4 Å². The van der Waals surface area contributed by atoms with E-state index in [2.05, 4.69) is 0 Å². The van der Waals surface area contributed by atoms with Crippen LogP contribution in [0.2, 0.25) is 0 Å². The van der Waals surface area contributed by atoms with Crippen molar-refractivity contribution in [3.63, 3.8) is 0 Å². The van der Waals surface area contributed by atoms with E-state index >= 15 is 0 Å². The van der Waals surface area contributed by atoms with Gasteiger partial charge in [-0.2, -0.15) is 52.7 Å². The Hall–Kier alpha value is -2.06. The lowest BCUT2D eigenvalue weighted by Gasteiger charge is -2.33. The molecule has 15 heteroatoms. The fraction of sp³-hybridized carbons (Fsp3) is 0.500. The average molecular weight is 454 g/mol. The van der Waals surface area contributed by atoms with Crippen LogP contribution in [0, 0.1) is 0 Å². The van der Waals surface area contributed by atoms with Gasteiger partial charge in [0.15, 0.2) is 5.78 Å². The smallest absolute Gasteiger partial charge is 0.389 e. The van der Waals surface area contributed by atoms with Crippen LogP contribution in [0.5, 0.6) is 0 Å². The van der Waals surface area contributed by atoms with Crippen LogP contribution < -0.4 is 0 Å². The number of ketones is 1. The van der Waals surface area contributed by atoms with Gasteiger partial charge in [-0.25, -0.2) is 4.39 Å². The summed E-state index contributed by atoms with van der Waals surface area (Å²) in [7, 11) is 0. The molecule has 1 unspecified atom stereocenters. The Labute approximate surface area is 151 Å². The lowest BCUT2D eigenvalue weighted by Crippen LogP contribution is -2.61. The number of halogens is 13. The van der Waals surface area contributed by atoms with E-state index in [4.69, 9.17) is 5.11 Å². The number of alkyl halides is 13. The Balaban J connectivity index is 3.41. The van der Waals surface area contributed by atoms with Gasteiger partial charge in [0, 0.05) is 12.0 Å². The van der Waals surface area contributed by atoms with Crippen molar-refractivity contribution in [2.75, 3.05) is 0 Å². The van der Waals surface area contributed by atoms with Crippen LogP contribution in [0.1, 0.15) is 27.9 Å². The Morgan fingerprint density at radius 2 is 1.07 bits per heavy atom. The molecule has 0 aliphatic heterocycles. The molecule has 0 aromatic heterocycles. The molecule has 0 fully saturated rings. The second-order valence-corrected chi connectivity index (χ2v) is 5.64. The molecule has 166 valence electrons. The van der Waals surface area contributed by atoms with E-state index < -0.39 is 71.4 Å². The summed E-state index contributed by atoms with van der Waals surface area (Å²) in [6.45, 7) is 0. The summed E-state index contributed by atoms with van der Waals surface area (Å²) in [6, 6.07) is -1.03. The number of rotatable bonds is 4. The fourth-order valence-electron chi connectivity index (χ4n) is 2.09. The van der Waals surface area contributed by atoms with E-state index in [0.29, 0.717) is 0 Å². The van der Waals surface area contributed by atoms with E-state index in [9.17, 15) is 61.9 Å². The van der Waals surface area contributed by atoms with Gasteiger partial charge in [-0.3, -0.25) is 4.79 Å². The van der Waals surface area contributed by atoms with Crippen molar-refractivity contribution < 1.29 is 67.0 Å². The maximum atomic E-state index is 13.6. The summed E-state index contributed by atoms with van der Waals surface area (Å²) in [5, 5.41) is 9.05. The first kappa shape index (κ1) is 25.0. The van der Waals surface area contributed by atoms with Crippen LogP contribution in [0.3, 0.4) is 0 Å². The summed E-state index contributed by atoms with van der Waals surface area (Å²) < 4.78 is 165. The van der Waals surface area contributed by atoms with Gasteiger partial charge in [-0.1, -0.05) is 0 Å². The van der Waals surface area contributed by atoms with Crippen LogP contribution in [0.4, 0.5) is 57.1 Å². The highest BCUT2D eigenvalue weighted by Gasteiger charge is 2.76. The average Bonchev–Trinajstić information content (AvgIpc) is 2.49. The van der Waals surface area contributed by atoms with Gasteiger partial charge >= 0.3 is 30.4 Å². The van der Waals surface area contributed by atoms with E-state index in [0.717, 1.165) is 0 Å². The molecule has 0 spiro atoms. The summed E-state index contributed by atoms with van der Waals surface area (Å²) in [5.41, 5.74) is -12.2. The lowest BCUT2D eigenvalue weighted by atomic mass is 9.90. The molecular weight excluding hydrogens is 447 g/mol. The van der Waals surface area contributed by atoms with Crippen molar-refractivity contribution in [3.05, 3.63) is 34.9 Å². The Bertz CT molecular complexity index is 708. The fourth-order valence-corrected chi connectivity index (χ4v) is 2.09. The third-order valence-electron chi connectivity index (χ3n) is 3.57. The molecule has 0 aliphatic rings. The van der Waals surface area contributed by atoms with E-state index in [1.165, 1.54) is 0 Å². The first-order valence-corrected chi connectivity index (χ1v) is 6.95. The summed E-state index contributed by atoms with van der Waals surface area (Å²) in [4.78, 5) is 11.7. The Kier molecular flexibility index (Phi) is 6.31. The number of aliphatic hydroxyl groups excluding tert-OH is 1. The molecule has 0 radical (unpaired) electrons. The first-order valence-electron chi connectivity index (χ1n) is 6.95. The van der Waals surface area contributed by atoms with Crippen molar-refractivity contribution in [3.8, 4) is 0 Å². The molecule has 0 heterocycles. The van der Waals surface area contributed by atoms with Crippen LogP contribution in [0.25, 0.3) is 0 Å². The lowest BCUT2D eigenvalue weighted by molar-refractivity contribution is -0.363. The van der Waals surface area contributed by atoms with Crippen LogP contribution in [-0.4, -0.2) is 35.0 Å². The molecule has 1 rings (SSSR count). The van der Waals surface area contributed by atoms with Crippen LogP contribution >= 0.6 is 0 Å². The molecule has 0 aliphatic carbocycles. The molecular formula is C14H7F13O2. The van der Waals surface area contributed by atoms with Gasteiger partial charge < -0.3 is 5.11 Å². The zero-order chi connectivity index (χ0) is 23.2. The summed E-state index contributed by atoms with van der Waals surface area (Å²) in [5.74, 6) is -2.22. The minimum Gasteiger partial charge on any atom is -0.389 e. The number of carbonyl (C=O) groups excluding carboxylic acids is 1. The summed E-state index contributed by atoms with van der Waals surface area (Å²) >= 11 is 0. The Morgan fingerprint density at radius 1 is 0.724 bits per heavy atom. The minimum atomic E-state index is -6.80. The van der Waals surface area contributed by atoms with Gasteiger partial charge in [0.2, 0.25) is 0 Å². The van der Waals surface area contributed by atoms with Gasteiger partial charge in [0.25, 0.3) is 0 Å². The topological polar surface area (TPSA) is 37.3 Å². The van der Waals surface area contributed by atoms with Gasteiger partial charge in [0.05, 0.1) is 11.1 Å². The predicted molar refractivity (Wildman–Crippen MR) is 67.3 cm³/mol. The Morgan fingerprint density at radius 3 is 1.34 bits per heavy atom. The highest BCUT2D eigenvalue weighted by Crippen LogP contribution is 2.49. The molecule has 2 nitrogen and oxygen atoms in total. The molecule has 1 atom stereocenters. The number of hydrogen-bond donors (Lipinski definition) is 1. The minimum absolute atomic E-state index is 0.286. The third kappa shape index (κ3) is 5.11.